The molecule has 6 heteroatoms. The van der Waals surface area contributed by atoms with Gasteiger partial charge in [0.25, 0.3) is 0 Å². The lowest BCUT2D eigenvalue weighted by atomic mass is 9.82. The number of hydrogen-bond donors (Lipinski definition) is 0. The topological polar surface area (TPSA) is 25.4 Å². The average molecular weight is 411 g/mol. The average Bonchev–Trinajstić information content (AvgIpc) is 3.07. The molecular weight excluding hydrogens is 386 g/mol. The summed E-state index contributed by atoms with van der Waals surface area (Å²) in [6, 6.07) is 8.72. The molecule has 1 aromatic carbocycles. The third-order valence-electron chi connectivity index (χ3n) is 5.31. The maximum absolute atomic E-state index is 13.1. The van der Waals surface area contributed by atoms with E-state index >= 15 is 0 Å². The van der Waals surface area contributed by atoms with Gasteiger partial charge in [-0.3, -0.25) is 4.90 Å². The van der Waals surface area contributed by atoms with E-state index in [0.29, 0.717) is 16.8 Å². The van der Waals surface area contributed by atoms with Crippen LogP contribution in [0.2, 0.25) is 10.2 Å². The summed E-state index contributed by atoms with van der Waals surface area (Å²) in [6.07, 6.45) is 4.70. The predicted octanol–water partition coefficient (Wildman–Crippen LogP) is 5.39. The van der Waals surface area contributed by atoms with Crippen LogP contribution >= 0.6 is 23.2 Å². The molecule has 0 amide bonds. The van der Waals surface area contributed by atoms with Gasteiger partial charge >= 0.3 is 0 Å². The SMILES string of the molecule is CCOCC1(CCc2ccc(F)cc2)CCN(Cc2ccnc(Cl)c2Cl)C1. The van der Waals surface area contributed by atoms with Gasteiger partial charge in [0.15, 0.2) is 0 Å². The Bertz CT molecular complexity index is 756. The fraction of sp³-hybridized carbons (Fsp3) is 0.476. The van der Waals surface area contributed by atoms with Crippen LogP contribution in [0.3, 0.4) is 0 Å². The first-order valence-corrected chi connectivity index (χ1v) is 10.1. The van der Waals surface area contributed by atoms with E-state index in [-0.39, 0.29) is 11.2 Å². The van der Waals surface area contributed by atoms with Crippen molar-refractivity contribution in [3.05, 3.63) is 63.6 Å². The molecule has 2 aromatic rings. The van der Waals surface area contributed by atoms with Gasteiger partial charge in [0.1, 0.15) is 11.0 Å². The summed E-state index contributed by atoms with van der Waals surface area (Å²) < 4.78 is 19.0. The van der Waals surface area contributed by atoms with Crippen LogP contribution < -0.4 is 0 Å². The minimum Gasteiger partial charge on any atom is -0.381 e. The van der Waals surface area contributed by atoms with Gasteiger partial charge < -0.3 is 4.74 Å². The van der Waals surface area contributed by atoms with Crippen molar-refractivity contribution in [2.24, 2.45) is 5.41 Å². The molecule has 3 rings (SSSR count). The molecular formula is C21H25Cl2FN2O. The fourth-order valence-corrected chi connectivity index (χ4v) is 4.10. The van der Waals surface area contributed by atoms with Crippen molar-refractivity contribution >= 4 is 23.2 Å². The lowest BCUT2D eigenvalue weighted by molar-refractivity contribution is 0.0489. The molecule has 1 unspecified atom stereocenters. The lowest BCUT2D eigenvalue weighted by Crippen LogP contribution is -2.32. The van der Waals surface area contributed by atoms with Gasteiger partial charge in [0.05, 0.1) is 11.6 Å². The summed E-state index contributed by atoms with van der Waals surface area (Å²) in [6.45, 7) is 6.18. The molecule has 1 aromatic heterocycles. The number of aromatic nitrogens is 1. The number of ether oxygens (including phenoxy) is 1. The van der Waals surface area contributed by atoms with Crippen LogP contribution in [0.15, 0.2) is 36.5 Å². The molecule has 146 valence electrons. The van der Waals surface area contributed by atoms with Crippen LogP contribution in [0, 0.1) is 11.2 Å². The number of aryl methyl sites for hydroxylation is 1. The Hall–Kier alpha value is -1.20. The number of hydrogen-bond acceptors (Lipinski definition) is 3. The van der Waals surface area contributed by atoms with Gasteiger partial charge in [-0.2, -0.15) is 0 Å². The zero-order valence-electron chi connectivity index (χ0n) is 15.6. The van der Waals surface area contributed by atoms with Crippen molar-refractivity contribution in [1.82, 2.24) is 9.88 Å². The molecule has 2 heterocycles. The molecule has 1 aliphatic rings. The number of pyridine rings is 1. The van der Waals surface area contributed by atoms with E-state index in [9.17, 15) is 4.39 Å². The Balaban J connectivity index is 1.66. The molecule has 0 radical (unpaired) electrons. The Morgan fingerprint density at radius 3 is 2.74 bits per heavy atom. The molecule has 1 aliphatic heterocycles. The first-order valence-electron chi connectivity index (χ1n) is 9.35. The summed E-state index contributed by atoms with van der Waals surface area (Å²) in [4.78, 5) is 6.42. The maximum Gasteiger partial charge on any atom is 0.147 e. The fourth-order valence-electron chi connectivity index (χ4n) is 3.75. The smallest absolute Gasteiger partial charge is 0.147 e. The Morgan fingerprint density at radius 1 is 1.22 bits per heavy atom. The van der Waals surface area contributed by atoms with Crippen LogP contribution in [0.4, 0.5) is 4.39 Å². The third-order valence-corrected chi connectivity index (χ3v) is 6.11. The minimum absolute atomic E-state index is 0.105. The second-order valence-electron chi connectivity index (χ2n) is 7.30. The standard InChI is InChI=1S/C21H25Cl2FN2O/c1-2-27-15-21(9-7-16-3-5-18(24)6-4-16)10-12-26(14-21)13-17-8-11-25-20(23)19(17)22/h3-6,8,11H,2,7,9-10,12-15H2,1H3. The molecule has 0 spiro atoms. The molecule has 1 saturated heterocycles. The van der Waals surface area contributed by atoms with Gasteiger partial charge in [-0.1, -0.05) is 35.3 Å². The van der Waals surface area contributed by atoms with E-state index in [2.05, 4.69) is 9.88 Å². The summed E-state index contributed by atoms with van der Waals surface area (Å²) in [5.74, 6) is -0.192. The zero-order chi connectivity index (χ0) is 19.3. The van der Waals surface area contributed by atoms with Crippen LogP contribution in [-0.4, -0.2) is 36.2 Å². The van der Waals surface area contributed by atoms with Gasteiger partial charge in [-0.25, -0.2) is 9.37 Å². The Kier molecular flexibility index (Phi) is 7.10. The highest BCUT2D eigenvalue weighted by Gasteiger charge is 2.38. The van der Waals surface area contributed by atoms with Crippen molar-refractivity contribution in [1.29, 1.82) is 0 Å². The molecule has 27 heavy (non-hydrogen) atoms. The summed E-state index contributed by atoms with van der Waals surface area (Å²) in [7, 11) is 0. The van der Waals surface area contributed by atoms with Crippen molar-refractivity contribution in [3.63, 3.8) is 0 Å². The van der Waals surface area contributed by atoms with Crippen molar-refractivity contribution < 1.29 is 9.13 Å². The van der Waals surface area contributed by atoms with Gasteiger partial charge in [-0.15, -0.1) is 0 Å². The van der Waals surface area contributed by atoms with E-state index in [1.54, 1.807) is 6.20 Å². The number of nitrogens with zero attached hydrogens (tertiary/aromatic N) is 2. The monoisotopic (exact) mass is 410 g/mol. The zero-order valence-corrected chi connectivity index (χ0v) is 17.1. The third kappa shape index (κ3) is 5.41. The Labute approximate surface area is 170 Å². The lowest BCUT2D eigenvalue weighted by Gasteiger charge is -2.29. The van der Waals surface area contributed by atoms with Gasteiger partial charge in [-0.05, 0) is 62.1 Å². The van der Waals surface area contributed by atoms with E-state index in [1.165, 1.54) is 12.1 Å². The van der Waals surface area contributed by atoms with E-state index in [1.807, 2.05) is 25.1 Å². The highest BCUT2D eigenvalue weighted by Crippen LogP contribution is 2.37. The minimum atomic E-state index is -0.192. The molecule has 1 fully saturated rings. The number of likely N-dealkylation sites (tertiary alicyclic amines) is 1. The first kappa shape index (κ1) is 20.5. The number of benzene rings is 1. The normalized spacial score (nSPS) is 20.3. The quantitative estimate of drug-likeness (QED) is 0.545. The van der Waals surface area contributed by atoms with Crippen molar-refractivity contribution in [3.8, 4) is 0 Å². The number of halogens is 3. The maximum atomic E-state index is 13.1. The molecule has 0 bridgehead atoms. The summed E-state index contributed by atoms with van der Waals surface area (Å²) >= 11 is 12.3. The second kappa shape index (κ2) is 9.33. The first-order chi connectivity index (χ1) is 13.0. The molecule has 3 nitrogen and oxygen atoms in total. The summed E-state index contributed by atoms with van der Waals surface area (Å²) in [5, 5.41) is 0.887. The predicted molar refractivity (Wildman–Crippen MR) is 108 cm³/mol. The van der Waals surface area contributed by atoms with E-state index in [0.717, 1.165) is 56.6 Å². The second-order valence-corrected chi connectivity index (χ2v) is 8.04. The number of rotatable bonds is 8. The Morgan fingerprint density at radius 2 is 2.00 bits per heavy atom. The van der Waals surface area contributed by atoms with Crippen LogP contribution in [0.5, 0.6) is 0 Å². The van der Waals surface area contributed by atoms with E-state index in [4.69, 9.17) is 27.9 Å². The molecule has 0 N–H and O–H groups in total. The van der Waals surface area contributed by atoms with Gasteiger partial charge in [0.2, 0.25) is 0 Å². The molecule has 0 saturated carbocycles. The highest BCUT2D eigenvalue weighted by atomic mass is 35.5. The van der Waals surface area contributed by atoms with Crippen LogP contribution in [0.1, 0.15) is 30.9 Å². The van der Waals surface area contributed by atoms with Crippen molar-refractivity contribution in [2.45, 2.75) is 32.7 Å². The largest absolute Gasteiger partial charge is 0.381 e. The van der Waals surface area contributed by atoms with Crippen LogP contribution in [0.25, 0.3) is 0 Å². The summed E-state index contributed by atoms with van der Waals surface area (Å²) in [5.41, 5.74) is 2.27. The molecule has 1 atom stereocenters. The molecule has 0 aliphatic carbocycles. The highest BCUT2D eigenvalue weighted by molar-refractivity contribution is 6.41. The van der Waals surface area contributed by atoms with Crippen molar-refractivity contribution in [2.75, 3.05) is 26.3 Å². The van der Waals surface area contributed by atoms with Gasteiger partial charge in [0, 0.05) is 31.3 Å². The van der Waals surface area contributed by atoms with Crippen LogP contribution in [-0.2, 0) is 17.7 Å². The van der Waals surface area contributed by atoms with E-state index < -0.39 is 0 Å².